The summed E-state index contributed by atoms with van der Waals surface area (Å²) < 4.78 is 0. The normalized spacial score (nSPS) is 11.0. The SMILES string of the molecule is Cc1ccc(NC(=O)c2ccc(C(=O)NC(C)(C)C)cc2)cc1Cl. The minimum atomic E-state index is -0.308. The summed E-state index contributed by atoms with van der Waals surface area (Å²) in [4.78, 5) is 24.3. The van der Waals surface area contributed by atoms with Gasteiger partial charge in [0.1, 0.15) is 0 Å². The van der Waals surface area contributed by atoms with E-state index >= 15 is 0 Å². The van der Waals surface area contributed by atoms with Crippen LogP contribution in [0.15, 0.2) is 42.5 Å². The van der Waals surface area contributed by atoms with Crippen molar-refractivity contribution in [1.29, 1.82) is 0 Å². The standard InChI is InChI=1S/C19H21ClN2O2/c1-12-5-10-15(11-16(12)20)21-17(23)13-6-8-14(9-7-13)18(24)22-19(2,3)4/h5-11H,1-4H3,(H,21,23)(H,22,24). The Labute approximate surface area is 147 Å². The third kappa shape index (κ3) is 4.83. The van der Waals surface area contributed by atoms with Gasteiger partial charge in [-0.15, -0.1) is 0 Å². The number of aryl methyl sites for hydroxylation is 1. The number of anilines is 1. The van der Waals surface area contributed by atoms with Gasteiger partial charge in [0.25, 0.3) is 11.8 Å². The molecule has 0 atom stereocenters. The Morgan fingerprint density at radius 1 is 0.917 bits per heavy atom. The summed E-state index contributed by atoms with van der Waals surface area (Å²) in [6.45, 7) is 7.65. The number of amides is 2. The van der Waals surface area contributed by atoms with Gasteiger partial charge in [0.15, 0.2) is 0 Å². The number of carbonyl (C=O) groups is 2. The Kier molecular flexibility index (Phi) is 5.30. The van der Waals surface area contributed by atoms with Crippen LogP contribution in [-0.2, 0) is 0 Å². The molecule has 0 unspecified atom stereocenters. The van der Waals surface area contributed by atoms with Crippen molar-refractivity contribution in [3.05, 3.63) is 64.2 Å². The van der Waals surface area contributed by atoms with Gasteiger partial charge in [0.05, 0.1) is 0 Å². The summed E-state index contributed by atoms with van der Waals surface area (Å²) >= 11 is 6.06. The van der Waals surface area contributed by atoms with E-state index in [-0.39, 0.29) is 17.4 Å². The van der Waals surface area contributed by atoms with Crippen molar-refractivity contribution in [2.45, 2.75) is 33.2 Å². The van der Waals surface area contributed by atoms with Crippen LogP contribution in [0.25, 0.3) is 0 Å². The fourth-order valence-corrected chi connectivity index (χ4v) is 2.24. The summed E-state index contributed by atoms with van der Waals surface area (Å²) in [6.07, 6.45) is 0. The van der Waals surface area contributed by atoms with E-state index in [1.54, 1.807) is 36.4 Å². The van der Waals surface area contributed by atoms with Crippen molar-refractivity contribution in [3.8, 4) is 0 Å². The van der Waals surface area contributed by atoms with Gasteiger partial charge >= 0.3 is 0 Å². The van der Waals surface area contributed by atoms with Crippen LogP contribution in [-0.4, -0.2) is 17.4 Å². The van der Waals surface area contributed by atoms with E-state index in [4.69, 9.17) is 11.6 Å². The monoisotopic (exact) mass is 344 g/mol. The smallest absolute Gasteiger partial charge is 0.255 e. The molecule has 0 aromatic heterocycles. The summed E-state index contributed by atoms with van der Waals surface area (Å²) in [5.74, 6) is -0.419. The van der Waals surface area contributed by atoms with E-state index in [9.17, 15) is 9.59 Å². The third-order valence-electron chi connectivity index (χ3n) is 3.33. The highest BCUT2D eigenvalue weighted by Gasteiger charge is 2.15. The van der Waals surface area contributed by atoms with Gasteiger partial charge in [0.2, 0.25) is 0 Å². The van der Waals surface area contributed by atoms with Gasteiger partial charge in [-0.2, -0.15) is 0 Å². The number of halogens is 1. The first kappa shape index (κ1) is 18.0. The number of hydrogen-bond donors (Lipinski definition) is 2. The van der Waals surface area contributed by atoms with Crippen molar-refractivity contribution in [3.63, 3.8) is 0 Å². The minimum Gasteiger partial charge on any atom is -0.347 e. The molecule has 126 valence electrons. The summed E-state index contributed by atoms with van der Waals surface area (Å²) in [7, 11) is 0. The Morgan fingerprint density at radius 2 is 1.46 bits per heavy atom. The van der Waals surface area contributed by atoms with Crippen LogP contribution >= 0.6 is 11.6 Å². The molecule has 0 aliphatic rings. The Morgan fingerprint density at radius 3 is 1.96 bits per heavy atom. The molecule has 24 heavy (non-hydrogen) atoms. The molecule has 0 spiro atoms. The second-order valence-corrected chi connectivity index (χ2v) is 7.11. The number of nitrogens with one attached hydrogen (secondary N) is 2. The highest BCUT2D eigenvalue weighted by molar-refractivity contribution is 6.31. The molecular weight excluding hydrogens is 324 g/mol. The molecule has 0 heterocycles. The number of hydrogen-bond acceptors (Lipinski definition) is 2. The maximum atomic E-state index is 12.3. The molecule has 2 aromatic rings. The van der Waals surface area contributed by atoms with Crippen LogP contribution in [0, 0.1) is 6.92 Å². The van der Waals surface area contributed by atoms with Gasteiger partial charge < -0.3 is 10.6 Å². The second-order valence-electron chi connectivity index (χ2n) is 6.70. The highest BCUT2D eigenvalue weighted by Crippen LogP contribution is 2.20. The van der Waals surface area contributed by atoms with Crippen LogP contribution in [0.1, 0.15) is 47.1 Å². The maximum Gasteiger partial charge on any atom is 0.255 e. The Bertz CT molecular complexity index is 762. The molecule has 0 radical (unpaired) electrons. The second kappa shape index (κ2) is 7.05. The van der Waals surface area contributed by atoms with E-state index in [1.807, 2.05) is 33.8 Å². The Balaban J connectivity index is 2.08. The van der Waals surface area contributed by atoms with Gasteiger partial charge in [-0.3, -0.25) is 9.59 Å². The lowest BCUT2D eigenvalue weighted by Gasteiger charge is -2.20. The predicted molar refractivity (Wildman–Crippen MR) is 97.8 cm³/mol. The molecule has 4 nitrogen and oxygen atoms in total. The van der Waals surface area contributed by atoms with Gasteiger partial charge in [-0.1, -0.05) is 17.7 Å². The van der Waals surface area contributed by atoms with Crippen molar-refractivity contribution < 1.29 is 9.59 Å². The molecule has 0 saturated heterocycles. The summed E-state index contributed by atoms with van der Waals surface area (Å²) in [5.41, 5.74) is 2.26. The molecule has 2 rings (SSSR count). The zero-order valence-electron chi connectivity index (χ0n) is 14.2. The molecular formula is C19H21ClN2O2. The summed E-state index contributed by atoms with van der Waals surface area (Å²) in [6, 6.07) is 11.9. The molecule has 0 aliphatic heterocycles. The maximum absolute atomic E-state index is 12.3. The van der Waals surface area contributed by atoms with Crippen LogP contribution in [0.4, 0.5) is 5.69 Å². The average Bonchev–Trinajstić information content (AvgIpc) is 2.49. The molecule has 0 aliphatic carbocycles. The van der Waals surface area contributed by atoms with Crippen molar-refractivity contribution in [1.82, 2.24) is 5.32 Å². The quantitative estimate of drug-likeness (QED) is 0.865. The van der Waals surface area contributed by atoms with Gasteiger partial charge in [-0.25, -0.2) is 0 Å². The lowest BCUT2D eigenvalue weighted by atomic mass is 10.1. The Hall–Kier alpha value is -2.33. The van der Waals surface area contributed by atoms with Crippen LogP contribution in [0.2, 0.25) is 5.02 Å². The van der Waals surface area contributed by atoms with E-state index in [2.05, 4.69) is 10.6 Å². The van der Waals surface area contributed by atoms with Crippen LogP contribution in [0.5, 0.6) is 0 Å². The highest BCUT2D eigenvalue weighted by atomic mass is 35.5. The van der Waals surface area contributed by atoms with Gasteiger partial charge in [-0.05, 0) is 69.7 Å². The molecule has 5 heteroatoms. The molecule has 0 bridgehead atoms. The van der Waals surface area contributed by atoms with Crippen LogP contribution in [0.3, 0.4) is 0 Å². The van der Waals surface area contributed by atoms with Crippen molar-refractivity contribution >= 4 is 29.1 Å². The van der Waals surface area contributed by atoms with E-state index in [1.165, 1.54) is 0 Å². The topological polar surface area (TPSA) is 58.2 Å². The lowest BCUT2D eigenvalue weighted by molar-refractivity contribution is 0.0918. The first-order valence-electron chi connectivity index (χ1n) is 7.66. The van der Waals surface area contributed by atoms with E-state index < -0.39 is 0 Å². The third-order valence-corrected chi connectivity index (χ3v) is 3.73. The molecule has 0 fully saturated rings. The summed E-state index contributed by atoms with van der Waals surface area (Å²) in [5, 5.41) is 6.27. The molecule has 2 N–H and O–H groups in total. The minimum absolute atomic E-state index is 0.167. The number of benzene rings is 2. The molecule has 2 aromatic carbocycles. The van der Waals surface area contributed by atoms with E-state index in [0.29, 0.717) is 21.8 Å². The van der Waals surface area contributed by atoms with E-state index in [0.717, 1.165) is 5.56 Å². The predicted octanol–water partition coefficient (Wildman–Crippen LogP) is 4.43. The number of rotatable bonds is 3. The fraction of sp³-hybridized carbons (Fsp3) is 0.263. The molecule has 2 amide bonds. The number of carbonyl (C=O) groups excluding carboxylic acids is 2. The lowest BCUT2D eigenvalue weighted by Crippen LogP contribution is -2.40. The average molecular weight is 345 g/mol. The van der Waals surface area contributed by atoms with Crippen molar-refractivity contribution in [2.24, 2.45) is 0 Å². The largest absolute Gasteiger partial charge is 0.347 e. The first-order valence-corrected chi connectivity index (χ1v) is 8.03. The fourth-order valence-electron chi connectivity index (χ4n) is 2.06. The zero-order valence-corrected chi connectivity index (χ0v) is 15.0. The van der Waals surface area contributed by atoms with Gasteiger partial charge in [0, 0.05) is 27.4 Å². The molecule has 0 saturated carbocycles. The van der Waals surface area contributed by atoms with Crippen LogP contribution < -0.4 is 10.6 Å². The zero-order chi connectivity index (χ0) is 17.9. The first-order chi connectivity index (χ1) is 11.2. The van der Waals surface area contributed by atoms with Crippen molar-refractivity contribution in [2.75, 3.05) is 5.32 Å².